The third kappa shape index (κ3) is 5.28. The van der Waals surface area contributed by atoms with Gasteiger partial charge in [0.1, 0.15) is 24.4 Å². The predicted molar refractivity (Wildman–Crippen MR) is 161 cm³/mol. The quantitative estimate of drug-likeness (QED) is 0.189. The Morgan fingerprint density at radius 3 is 2.42 bits per heavy atom. The van der Waals surface area contributed by atoms with Crippen molar-refractivity contribution in [1.82, 2.24) is 0 Å². The number of aliphatic hydroxyl groups excluding tert-OH is 7. The van der Waals surface area contributed by atoms with Crippen LogP contribution in [0, 0.1) is 46.3 Å². The molecule has 7 N–H and O–H groups in total. The van der Waals surface area contributed by atoms with Crippen LogP contribution >= 0.6 is 0 Å². The fourth-order valence-electron chi connectivity index (χ4n) is 11.0. The summed E-state index contributed by atoms with van der Waals surface area (Å²) in [5.41, 5.74) is 0.972. The van der Waals surface area contributed by atoms with Gasteiger partial charge in [0.2, 0.25) is 0 Å². The zero-order valence-electron chi connectivity index (χ0n) is 27.4. The summed E-state index contributed by atoms with van der Waals surface area (Å²) in [6.07, 6.45) is -1.43. The molecule has 6 rings (SSSR count). The second-order valence-corrected chi connectivity index (χ2v) is 15.8. The van der Waals surface area contributed by atoms with Crippen LogP contribution in [0.4, 0.5) is 0 Å². The fraction of sp³-hybridized carbons (Fsp3) is 0.941. The largest absolute Gasteiger partial charge is 0.394 e. The summed E-state index contributed by atoms with van der Waals surface area (Å²) in [5, 5.41) is 72.9. The molecule has 0 amide bonds. The first-order valence-corrected chi connectivity index (χ1v) is 17.1. The molecule has 18 atom stereocenters. The molecule has 3 saturated carbocycles. The van der Waals surface area contributed by atoms with E-state index in [1.165, 1.54) is 5.57 Å². The molecule has 0 aromatic rings. The second-order valence-electron chi connectivity index (χ2n) is 15.8. The van der Waals surface area contributed by atoms with E-state index in [1.54, 1.807) is 7.11 Å². The van der Waals surface area contributed by atoms with Crippen molar-refractivity contribution in [2.75, 3.05) is 20.3 Å². The monoisotopic (exact) mass is 640 g/mol. The summed E-state index contributed by atoms with van der Waals surface area (Å²) in [4.78, 5) is 0. The van der Waals surface area contributed by atoms with Crippen molar-refractivity contribution in [3.05, 3.63) is 11.6 Å². The Labute approximate surface area is 266 Å². The molecule has 11 nitrogen and oxygen atoms in total. The molecule has 1 unspecified atom stereocenters. The van der Waals surface area contributed by atoms with E-state index >= 15 is 0 Å². The highest BCUT2D eigenvalue weighted by Crippen LogP contribution is 2.70. The summed E-state index contributed by atoms with van der Waals surface area (Å²) >= 11 is 0. The highest BCUT2D eigenvalue weighted by Gasteiger charge is 2.71. The van der Waals surface area contributed by atoms with E-state index in [9.17, 15) is 35.7 Å². The topological polar surface area (TPSA) is 179 Å². The van der Waals surface area contributed by atoms with Gasteiger partial charge in [0.25, 0.3) is 0 Å². The maximum absolute atomic E-state index is 12.0. The van der Waals surface area contributed by atoms with Gasteiger partial charge in [-0.1, -0.05) is 39.3 Å². The van der Waals surface area contributed by atoms with Gasteiger partial charge in [-0.2, -0.15) is 0 Å². The van der Waals surface area contributed by atoms with Gasteiger partial charge in [0, 0.05) is 25.4 Å². The summed E-state index contributed by atoms with van der Waals surface area (Å²) in [5.74, 6) is 0.00496. The lowest BCUT2D eigenvalue weighted by atomic mass is 9.46. The van der Waals surface area contributed by atoms with E-state index in [0.717, 1.165) is 19.3 Å². The number of aliphatic hydroxyl groups is 7. The fourth-order valence-corrected chi connectivity index (χ4v) is 11.0. The Balaban J connectivity index is 1.12. The first kappa shape index (κ1) is 34.2. The Kier molecular flexibility index (Phi) is 9.36. The van der Waals surface area contributed by atoms with Crippen molar-refractivity contribution < 1.29 is 54.7 Å². The van der Waals surface area contributed by atoms with Gasteiger partial charge in [-0.25, -0.2) is 0 Å². The van der Waals surface area contributed by atoms with E-state index in [1.807, 2.05) is 6.92 Å². The van der Waals surface area contributed by atoms with Crippen LogP contribution in [0.2, 0.25) is 0 Å². The molecule has 45 heavy (non-hydrogen) atoms. The molecule has 2 aliphatic heterocycles. The smallest absolute Gasteiger partial charge is 0.186 e. The minimum Gasteiger partial charge on any atom is -0.394 e. The molecule has 2 saturated heterocycles. The number of fused-ring (bicyclic) bond motifs is 7. The van der Waals surface area contributed by atoms with Crippen LogP contribution in [-0.4, -0.2) is 117 Å². The Bertz CT molecular complexity index is 1100. The van der Waals surface area contributed by atoms with E-state index in [-0.39, 0.29) is 53.1 Å². The van der Waals surface area contributed by atoms with Crippen LogP contribution in [0.15, 0.2) is 11.6 Å². The van der Waals surface area contributed by atoms with Gasteiger partial charge in [-0.15, -0.1) is 0 Å². The average molecular weight is 641 g/mol. The van der Waals surface area contributed by atoms with Crippen molar-refractivity contribution in [2.45, 2.75) is 134 Å². The summed E-state index contributed by atoms with van der Waals surface area (Å²) < 4.78 is 24.3. The number of allylic oxidation sites excluding steroid dienone is 1. The summed E-state index contributed by atoms with van der Waals surface area (Å²) in [7, 11) is 1.67. The number of ether oxygens (including phenoxy) is 4. The van der Waals surface area contributed by atoms with Gasteiger partial charge in [0.15, 0.2) is 12.1 Å². The normalized spacial score (nSPS) is 54.9. The minimum absolute atomic E-state index is 0.0117. The molecule has 5 fully saturated rings. The number of hydrogen-bond acceptors (Lipinski definition) is 11. The molecule has 0 aromatic heterocycles. The van der Waals surface area contributed by atoms with Gasteiger partial charge in [0.05, 0.1) is 37.6 Å². The summed E-state index contributed by atoms with van der Waals surface area (Å²) in [6, 6.07) is 0. The minimum atomic E-state index is -1.48. The maximum atomic E-state index is 12.0. The van der Waals surface area contributed by atoms with Crippen molar-refractivity contribution in [3.8, 4) is 0 Å². The number of rotatable bonds is 8. The van der Waals surface area contributed by atoms with Gasteiger partial charge in [-0.05, 0) is 73.0 Å². The lowest BCUT2D eigenvalue weighted by Gasteiger charge is -2.59. The maximum Gasteiger partial charge on any atom is 0.186 e. The van der Waals surface area contributed by atoms with Crippen LogP contribution < -0.4 is 0 Å². The highest BCUT2D eigenvalue weighted by molar-refractivity contribution is 5.28. The molecule has 4 aliphatic carbocycles. The van der Waals surface area contributed by atoms with Crippen molar-refractivity contribution in [1.29, 1.82) is 0 Å². The van der Waals surface area contributed by atoms with Crippen molar-refractivity contribution in [3.63, 3.8) is 0 Å². The van der Waals surface area contributed by atoms with Gasteiger partial charge in [-0.3, -0.25) is 0 Å². The first-order chi connectivity index (χ1) is 21.2. The van der Waals surface area contributed by atoms with Crippen LogP contribution in [0.5, 0.6) is 0 Å². The zero-order valence-corrected chi connectivity index (χ0v) is 27.4. The molecule has 6 aliphatic rings. The SMILES string of the molecule is CO[C@]1(CCC(C)CO[C@@H]2O[C@H](CO)[C@@H](O)[C@H](O)[C@H]2O)O[C@H]2[C@@H](O)[C@H]3[C@@H]4CC=C5C[C@@H](O)[C@H](O)C[C@]5(C)[C@H]4CC[C@]3(C)[C@H]2[C@@H]1C. The molecule has 258 valence electrons. The molecular formula is C34H56O11. The molecule has 2 heterocycles. The van der Waals surface area contributed by atoms with Gasteiger partial charge >= 0.3 is 0 Å². The van der Waals surface area contributed by atoms with E-state index in [0.29, 0.717) is 31.6 Å². The van der Waals surface area contributed by atoms with Crippen LogP contribution in [0.25, 0.3) is 0 Å². The van der Waals surface area contributed by atoms with Crippen LogP contribution in [0.3, 0.4) is 0 Å². The van der Waals surface area contributed by atoms with E-state index < -0.39 is 61.4 Å². The zero-order chi connectivity index (χ0) is 32.6. The third-order valence-electron chi connectivity index (χ3n) is 13.5. The van der Waals surface area contributed by atoms with Crippen LogP contribution in [0.1, 0.15) is 72.6 Å². The predicted octanol–water partition coefficient (Wildman–Crippen LogP) is 1.09. The Morgan fingerprint density at radius 2 is 1.73 bits per heavy atom. The van der Waals surface area contributed by atoms with E-state index in [4.69, 9.17) is 18.9 Å². The lowest BCUT2D eigenvalue weighted by molar-refractivity contribution is -0.303. The van der Waals surface area contributed by atoms with Crippen molar-refractivity contribution in [2.24, 2.45) is 46.3 Å². The molecule has 0 bridgehead atoms. The highest BCUT2D eigenvalue weighted by atomic mass is 16.7. The average Bonchev–Trinajstić information content (AvgIpc) is 3.43. The van der Waals surface area contributed by atoms with Crippen molar-refractivity contribution >= 4 is 0 Å². The second kappa shape index (κ2) is 12.3. The Morgan fingerprint density at radius 1 is 1.00 bits per heavy atom. The van der Waals surface area contributed by atoms with Crippen LogP contribution in [-0.2, 0) is 18.9 Å². The molecule has 0 aromatic carbocycles. The lowest BCUT2D eigenvalue weighted by Crippen LogP contribution is -2.59. The van der Waals surface area contributed by atoms with E-state index in [2.05, 4.69) is 26.8 Å². The van der Waals surface area contributed by atoms with Gasteiger partial charge < -0.3 is 54.7 Å². The molecular weight excluding hydrogens is 584 g/mol. The molecule has 0 radical (unpaired) electrons. The number of methoxy groups -OCH3 is 1. The molecule has 0 spiro atoms. The Hall–Kier alpha value is -0.700. The first-order valence-electron chi connectivity index (χ1n) is 17.1. The summed E-state index contributed by atoms with van der Waals surface area (Å²) in [6.45, 7) is 8.50. The number of hydrogen-bond donors (Lipinski definition) is 7. The third-order valence-corrected chi connectivity index (χ3v) is 13.5. The molecule has 11 heteroatoms. The standard InChI is InChI=1S/C34H56O11/c1-16(15-43-31-29(41)28(40)26(38)23(14-35)44-31)8-11-34(42-5)17(2)24-30(45-34)27(39)25-19-7-6-18-12-21(36)22(37)13-33(18,4)20(19)9-10-32(24,25)3/h6,16-17,19-31,35-41H,7-15H2,1-5H3/t16?,17-,19+,20-,21+,22+,23+,24-,25+,26+,27-,28-,29+,30+,31+,32+,33-,34+/m0/s1.